The molecule has 6 nitrogen and oxygen atoms in total. The summed E-state index contributed by atoms with van der Waals surface area (Å²) in [7, 11) is 0. The van der Waals surface area contributed by atoms with E-state index < -0.39 is 0 Å². The number of hydrogen-bond acceptors (Lipinski definition) is 5. The van der Waals surface area contributed by atoms with E-state index in [-0.39, 0.29) is 23.6 Å². The molecule has 2 fully saturated rings. The summed E-state index contributed by atoms with van der Waals surface area (Å²) < 4.78 is 11.2. The summed E-state index contributed by atoms with van der Waals surface area (Å²) in [6.07, 6.45) is 0. The summed E-state index contributed by atoms with van der Waals surface area (Å²) in [6, 6.07) is 7.65. The number of nitrogens with one attached hydrogen (secondary N) is 2. The number of halogens is 1. The molecule has 144 valence electrons. The molecule has 0 aromatic heterocycles. The van der Waals surface area contributed by atoms with E-state index in [4.69, 9.17) is 21.1 Å². The fourth-order valence-corrected chi connectivity index (χ4v) is 3.64. The molecule has 0 aliphatic carbocycles. The molecule has 3 rings (SSSR count). The Labute approximate surface area is 160 Å². The number of hydrogen-bond donors (Lipinski definition) is 2. The van der Waals surface area contributed by atoms with Crippen molar-refractivity contribution in [2.75, 3.05) is 46.0 Å². The molecule has 2 aliphatic heterocycles. The highest BCUT2D eigenvalue weighted by atomic mass is 35.5. The monoisotopic (exact) mass is 381 g/mol. The van der Waals surface area contributed by atoms with E-state index in [9.17, 15) is 4.79 Å². The summed E-state index contributed by atoms with van der Waals surface area (Å²) in [5.41, 5.74) is 0.936. The lowest BCUT2D eigenvalue weighted by Gasteiger charge is -2.42. The van der Waals surface area contributed by atoms with Crippen LogP contribution in [0.25, 0.3) is 0 Å². The van der Waals surface area contributed by atoms with E-state index in [1.807, 2.05) is 24.3 Å². The predicted molar refractivity (Wildman–Crippen MR) is 101 cm³/mol. The standard InChI is InChI=1S/C19H28ClN3O3/c1-19(2)13-23(8-10-26-19)17(14-3-5-15(20)6-4-14)11-22-18(24)16-12-25-9-7-21-16/h3-6,16-17,21H,7-13H2,1-2H3,(H,22,24). The maximum Gasteiger partial charge on any atom is 0.239 e. The number of nitrogens with zero attached hydrogens (tertiary/aromatic N) is 1. The van der Waals surface area contributed by atoms with Gasteiger partial charge in [-0.25, -0.2) is 0 Å². The molecule has 2 unspecified atom stereocenters. The van der Waals surface area contributed by atoms with Crippen LogP contribution in [0.4, 0.5) is 0 Å². The van der Waals surface area contributed by atoms with E-state index in [2.05, 4.69) is 29.4 Å². The van der Waals surface area contributed by atoms with Gasteiger partial charge in [-0.15, -0.1) is 0 Å². The summed E-state index contributed by atoms with van der Waals surface area (Å²) in [5.74, 6) is -0.0174. The zero-order valence-electron chi connectivity index (χ0n) is 15.5. The molecule has 2 atom stereocenters. The minimum absolute atomic E-state index is 0.0174. The van der Waals surface area contributed by atoms with Gasteiger partial charge in [-0.1, -0.05) is 23.7 Å². The number of rotatable bonds is 5. The predicted octanol–water partition coefficient (Wildman–Crippen LogP) is 1.60. The van der Waals surface area contributed by atoms with Crippen LogP contribution in [0.2, 0.25) is 5.02 Å². The van der Waals surface area contributed by atoms with Crippen LogP contribution in [-0.4, -0.2) is 68.4 Å². The second-order valence-corrected chi connectivity index (χ2v) is 7.91. The Morgan fingerprint density at radius 2 is 2.15 bits per heavy atom. The van der Waals surface area contributed by atoms with Crippen molar-refractivity contribution in [2.45, 2.75) is 31.5 Å². The van der Waals surface area contributed by atoms with Gasteiger partial charge in [-0.2, -0.15) is 0 Å². The van der Waals surface area contributed by atoms with Crippen molar-refractivity contribution < 1.29 is 14.3 Å². The lowest BCUT2D eigenvalue weighted by molar-refractivity contribution is -0.126. The Bertz CT molecular complexity index is 603. The van der Waals surface area contributed by atoms with E-state index in [0.717, 1.165) is 18.7 Å². The van der Waals surface area contributed by atoms with E-state index in [1.54, 1.807) is 0 Å². The molecular weight excluding hydrogens is 354 g/mol. The fourth-order valence-electron chi connectivity index (χ4n) is 3.52. The number of carbonyl (C=O) groups excluding carboxylic acids is 1. The van der Waals surface area contributed by atoms with Gasteiger partial charge in [0.25, 0.3) is 0 Å². The van der Waals surface area contributed by atoms with Crippen LogP contribution >= 0.6 is 11.6 Å². The van der Waals surface area contributed by atoms with Gasteiger partial charge in [0.05, 0.1) is 31.5 Å². The van der Waals surface area contributed by atoms with Crippen LogP contribution < -0.4 is 10.6 Å². The van der Waals surface area contributed by atoms with Crippen LogP contribution in [0.1, 0.15) is 25.5 Å². The Balaban J connectivity index is 1.70. The van der Waals surface area contributed by atoms with Crippen molar-refractivity contribution in [1.82, 2.24) is 15.5 Å². The molecular formula is C19H28ClN3O3. The normalized spacial score (nSPS) is 24.8. The fraction of sp³-hybridized carbons (Fsp3) is 0.632. The molecule has 26 heavy (non-hydrogen) atoms. The summed E-state index contributed by atoms with van der Waals surface area (Å²) in [5, 5.41) is 7.00. The lowest BCUT2D eigenvalue weighted by Crippen LogP contribution is -2.54. The Hall–Kier alpha value is -1.18. The molecule has 7 heteroatoms. The summed E-state index contributed by atoms with van der Waals surface area (Å²) in [6.45, 7) is 8.83. The van der Waals surface area contributed by atoms with Gasteiger partial charge in [-0.3, -0.25) is 9.69 Å². The van der Waals surface area contributed by atoms with Gasteiger partial charge in [0, 0.05) is 31.2 Å². The van der Waals surface area contributed by atoms with E-state index >= 15 is 0 Å². The highest BCUT2D eigenvalue weighted by Gasteiger charge is 2.32. The van der Waals surface area contributed by atoms with Gasteiger partial charge in [-0.05, 0) is 31.5 Å². The smallest absolute Gasteiger partial charge is 0.239 e. The highest BCUT2D eigenvalue weighted by Crippen LogP contribution is 2.27. The molecule has 1 aromatic carbocycles. The van der Waals surface area contributed by atoms with Crippen molar-refractivity contribution >= 4 is 17.5 Å². The topological polar surface area (TPSA) is 62.8 Å². The van der Waals surface area contributed by atoms with Crippen LogP contribution in [0, 0.1) is 0 Å². The van der Waals surface area contributed by atoms with Gasteiger partial charge >= 0.3 is 0 Å². The number of carbonyl (C=O) groups is 1. The first kappa shape index (κ1) is 19.6. The minimum atomic E-state index is -0.282. The Morgan fingerprint density at radius 1 is 1.38 bits per heavy atom. The third-order valence-electron chi connectivity index (χ3n) is 4.86. The average Bonchev–Trinajstić information content (AvgIpc) is 2.63. The van der Waals surface area contributed by atoms with Crippen molar-refractivity contribution in [3.05, 3.63) is 34.9 Å². The van der Waals surface area contributed by atoms with Crippen LogP contribution in [0.15, 0.2) is 24.3 Å². The molecule has 2 heterocycles. The second-order valence-electron chi connectivity index (χ2n) is 7.47. The van der Waals surface area contributed by atoms with Crippen LogP contribution in [0.3, 0.4) is 0 Å². The zero-order valence-corrected chi connectivity index (χ0v) is 16.2. The first-order valence-electron chi connectivity index (χ1n) is 9.17. The molecule has 0 bridgehead atoms. The lowest BCUT2D eigenvalue weighted by atomic mass is 10.0. The van der Waals surface area contributed by atoms with Gasteiger partial charge < -0.3 is 20.1 Å². The van der Waals surface area contributed by atoms with E-state index in [0.29, 0.717) is 37.9 Å². The summed E-state index contributed by atoms with van der Waals surface area (Å²) in [4.78, 5) is 14.9. The maximum absolute atomic E-state index is 12.5. The second kappa shape index (κ2) is 8.67. The number of ether oxygens (including phenoxy) is 2. The molecule has 0 spiro atoms. The first-order chi connectivity index (χ1) is 12.4. The third kappa shape index (κ3) is 5.18. The average molecular weight is 382 g/mol. The molecule has 1 amide bonds. The quantitative estimate of drug-likeness (QED) is 0.811. The molecule has 2 aliphatic rings. The van der Waals surface area contributed by atoms with Crippen molar-refractivity contribution in [3.8, 4) is 0 Å². The zero-order chi connectivity index (χ0) is 18.6. The SMILES string of the molecule is CC1(C)CN(C(CNC(=O)C2COCCN2)c2ccc(Cl)cc2)CCO1. The van der Waals surface area contributed by atoms with Crippen LogP contribution in [-0.2, 0) is 14.3 Å². The summed E-state index contributed by atoms with van der Waals surface area (Å²) >= 11 is 6.05. The first-order valence-corrected chi connectivity index (χ1v) is 9.55. The van der Waals surface area contributed by atoms with Gasteiger partial charge in [0.1, 0.15) is 6.04 Å². The minimum Gasteiger partial charge on any atom is -0.378 e. The van der Waals surface area contributed by atoms with Crippen molar-refractivity contribution in [3.63, 3.8) is 0 Å². The molecule has 2 N–H and O–H groups in total. The number of morpholine rings is 2. The van der Waals surface area contributed by atoms with Crippen molar-refractivity contribution in [1.29, 1.82) is 0 Å². The molecule has 0 radical (unpaired) electrons. The molecule has 0 saturated carbocycles. The maximum atomic E-state index is 12.5. The van der Waals surface area contributed by atoms with Gasteiger partial charge in [0.15, 0.2) is 0 Å². The van der Waals surface area contributed by atoms with Gasteiger partial charge in [0.2, 0.25) is 5.91 Å². The van der Waals surface area contributed by atoms with E-state index in [1.165, 1.54) is 0 Å². The Morgan fingerprint density at radius 3 is 2.81 bits per heavy atom. The number of benzene rings is 1. The van der Waals surface area contributed by atoms with Crippen LogP contribution in [0.5, 0.6) is 0 Å². The molecule has 1 aromatic rings. The highest BCUT2D eigenvalue weighted by molar-refractivity contribution is 6.30. The van der Waals surface area contributed by atoms with Crippen molar-refractivity contribution in [2.24, 2.45) is 0 Å². The largest absolute Gasteiger partial charge is 0.378 e. The Kier molecular flexibility index (Phi) is 6.53. The number of amides is 1. The third-order valence-corrected chi connectivity index (χ3v) is 5.11. The molecule has 2 saturated heterocycles.